The Morgan fingerprint density at radius 3 is 2.80 bits per heavy atom. The summed E-state index contributed by atoms with van der Waals surface area (Å²) in [6.07, 6.45) is 4.84. The Bertz CT molecular complexity index is 1160. The predicted octanol–water partition coefficient (Wildman–Crippen LogP) is 7.74. The highest BCUT2D eigenvalue weighted by atomic mass is 35.5. The van der Waals surface area contributed by atoms with Gasteiger partial charge in [0.05, 0.1) is 11.8 Å². The van der Waals surface area contributed by atoms with Crippen molar-refractivity contribution in [2.75, 3.05) is 0 Å². The average molecular weight is 437 g/mol. The van der Waals surface area contributed by atoms with Crippen molar-refractivity contribution >= 4 is 34.2 Å². The van der Waals surface area contributed by atoms with Gasteiger partial charge in [-0.3, -0.25) is 0 Å². The van der Waals surface area contributed by atoms with Gasteiger partial charge in [0.2, 0.25) is 0 Å². The van der Waals surface area contributed by atoms with E-state index in [-0.39, 0.29) is 5.41 Å². The maximum Gasteiger partial charge on any atom is 0.145 e. The molecule has 30 heavy (non-hydrogen) atoms. The first-order chi connectivity index (χ1) is 14.3. The Balaban J connectivity index is 1.60. The van der Waals surface area contributed by atoms with Gasteiger partial charge in [-0.2, -0.15) is 5.26 Å². The fourth-order valence-electron chi connectivity index (χ4n) is 4.07. The molecule has 0 amide bonds. The standard InChI is InChI=1S/C25H25ClN2OS/c1-15-5-7-17(26)12-20(15)22-10-8-18(29-22)14-28-24-21(13-27)19-9-6-16(25(2,3)4)11-23(19)30-24/h5,7-8,10,12,14,16H,6,9,11H2,1-4H3/t16-/m0/s1. The Kier molecular flexibility index (Phi) is 5.61. The van der Waals surface area contributed by atoms with Gasteiger partial charge in [0.25, 0.3) is 0 Å². The molecule has 0 radical (unpaired) electrons. The van der Waals surface area contributed by atoms with Crippen LogP contribution in [0.25, 0.3) is 11.3 Å². The molecule has 2 aromatic heterocycles. The molecule has 1 atom stereocenters. The fraction of sp³-hybridized carbons (Fsp3) is 0.360. The Labute approximate surface area is 187 Å². The van der Waals surface area contributed by atoms with E-state index in [1.54, 1.807) is 17.6 Å². The third-order valence-electron chi connectivity index (χ3n) is 5.98. The molecule has 0 saturated carbocycles. The van der Waals surface area contributed by atoms with Gasteiger partial charge < -0.3 is 4.42 Å². The Morgan fingerprint density at radius 1 is 1.27 bits per heavy atom. The summed E-state index contributed by atoms with van der Waals surface area (Å²) in [5.41, 5.74) is 4.28. The van der Waals surface area contributed by atoms with Gasteiger partial charge in [0.1, 0.15) is 22.6 Å². The summed E-state index contributed by atoms with van der Waals surface area (Å²) in [7, 11) is 0. The molecular weight excluding hydrogens is 412 g/mol. The summed E-state index contributed by atoms with van der Waals surface area (Å²) in [4.78, 5) is 5.96. The van der Waals surface area contributed by atoms with E-state index in [4.69, 9.17) is 16.0 Å². The van der Waals surface area contributed by atoms with Crippen molar-refractivity contribution in [2.24, 2.45) is 16.3 Å². The molecule has 0 spiro atoms. The van der Waals surface area contributed by atoms with Gasteiger partial charge in [0, 0.05) is 15.5 Å². The van der Waals surface area contributed by atoms with Crippen molar-refractivity contribution in [1.29, 1.82) is 5.26 Å². The third kappa shape index (κ3) is 4.10. The molecule has 0 aliphatic heterocycles. The first-order valence-corrected chi connectivity index (χ1v) is 11.4. The van der Waals surface area contributed by atoms with Crippen LogP contribution in [0.3, 0.4) is 0 Å². The van der Waals surface area contributed by atoms with E-state index in [1.165, 1.54) is 10.4 Å². The summed E-state index contributed by atoms with van der Waals surface area (Å²) in [6, 6.07) is 12.0. The highest BCUT2D eigenvalue weighted by molar-refractivity contribution is 7.16. The quantitative estimate of drug-likeness (QED) is 0.394. The van der Waals surface area contributed by atoms with E-state index in [0.717, 1.165) is 46.7 Å². The normalized spacial score (nSPS) is 16.6. The third-order valence-corrected chi connectivity index (χ3v) is 7.38. The zero-order valence-corrected chi connectivity index (χ0v) is 19.3. The second-order valence-corrected chi connectivity index (χ2v) is 10.5. The number of thiophene rings is 1. The first-order valence-electron chi connectivity index (χ1n) is 10.2. The van der Waals surface area contributed by atoms with Crippen LogP contribution in [0, 0.1) is 29.6 Å². The van der Waals surface area contributed by atoms with Crippen LogP contribution < -0.4 is 0 Å². The van der Waals surface area contributed by atoms with Crippen LogP contribution in [0.2, 0.25) is 5.02 Å². The van der Waals surface area contributed by atoms with Crippen molar-refractivity contribution in [1.82, 2.24) is 0 Å². The van der Waals surface area contributed by atoms with Crippen LogP contribution >= 0.6 is 22.9 Å². The summed E-state index contributed by atoms with van der Waals surface area (Å²) >= 11 is 7.79. The number of benzene rings is 1. The van der Waals surface area contributed by atoms with Crippen molar-refractivity contribution in [3.05, 3.63) is 62.7 Å². The molecule has 0 saturated heterocycles. The fourth-order valence-corrected chi connectivity index (χ4v) is 5.46. The van der Waals surface area contributed by atoms with Crippen LogP contribution in [-0.2, 0) is 12.8 Å². The number of hydrogen-bond donors (Lipinski definition) is 0. The number of nitriles is 1. The van der Waals surface area contributed by atoms with E-state index in [1.807, 2.05) is 37.3 Å². The summed E-state index contributed by atoms with van der Waals surface area (Å²) in [5, 5.41) is 11.2. The number of nitrogens with zero attached hydrogens (tertiary/aromatic N) is 2. The SMILES string of the molecule is Cc1ccc(Cl)cc1-c1ccc(C=Nc2sc3c(c2C#N)CC[C@H](C(C)(C)C)C3)o1. The number of aliphatic imine (C=N–C) groups is 1. The molecule has 154 valence electrons. The zero-order valence-electron chi connectivity index (χ0n) is 17.8. The molecule has 3 nitrogen and oxygen atoms in total. The van der Waals surface area contributed by atoms with Gasteiger partial charge >= 0.3 is 0 Å². The topological polar surface area (TPSA) is 49.3 Å². The van der Waals surface area contributed by atoms with Gasteiger partial charge in [-0.25, -0.2) is 4.99 Å². The van der Waals surface area contributed by atoms with Crippen molar-refractivity contribution in [3.63, 3.8) is 0 Å². The molecule has 0 fully saturated rings. The smallest absolute Gasteiger partial charge is 0.145 e. The lowest BCUT2D eigenvalue weighted by Crippen LogP contribution is -2.26. The second-order valence-electron chi connectivity index (χ2n) is 9.02. The second kappa shape index (κ2) is 8.06. The number of rotatable bonds is 3. The molecule has 2 heterocycles. The molecule has 4 rings (SSSR count). The predicted molar refractivity (Wildman–Crippen MR) is 125 cm³/mol. The van der Waals surface area contributed by atoms with Crippen molar-refractivity contribution < 1.29 is 4.42 Å². The number of furan rings is 1. The minimum absolute atomic E-state index is 0.279. The first kappa shape index (κ1) is 20.9. The lowest BCUT2D eigenvalue weighted by molar-refractivity contribution is 0.218. The van der Waals surface area contributed by atoms with Crippen LogP contribution in [0.4, 0.5) is 5.00 Å². The number of aryl methyl sites for hydroxylation is 1. The average Bonchev–Trinajstić information content (AvgIpc) is 3.30. The van der Waals surface area contributed by atoms with Gasteiger partial charge in [-0.1, -0.05) is 38.4 Å². The number of hydrogen-bond acceptors (Lipinski definition) is 4. The van der Waals surface area contributed by atoms with Gasteiger partial charge in [-0.05, 0) is 72.9 Å². The van der Waals surface area contributed by atoms with E-state index < -0.39 is 0 Å². The monoisotopic (exact) mass is 436 g/mol. The minimum atomic E-state index is 0.279. The minimum Gasteiger partial charge on any atom is -0.455 e. The summed E-state index contributed by atoms with van der Waals surface area (Å²) in [6.45, 7) is 8.94. The van der Waals surface area contributed by atoms with E-state index in [2.05, 4.69) is 31.8 Å². The van der Waals surface area contributed by atoms with Crippen molar-refractivity contribution in [3.8, 4) is 17.4 Å². The molecule has 0 bridgehead atoms. The van der Waals surface area contributed by atoms with Crippen LogP contribution in [0.15, 0.2) is 39.7 Å². The summed E-state index contributed by atoms with van der Waals surface area (Å²) in [5.74, 6) is 2.06. The Hall–Kier alpha value is -2.35. The highest BCUT2D eigenvalue weighted by Gasteiger charge is 2.32. The molecule has 0 N–H and O–H groups in total. The van der Waals surface area contributed by atoms with E-state index in [0.29, 0.717) is 16.7 Å². The van der Waals surface area contributed by atoms with Crippen molar-refractivity contribution in [2.45, 2.75) is 47.0 Å². The zero-order chi connectivity index (χ0) is 21.5. The molecule has 1 aliphatic rings. The molecular formula is C25H25ClN2OS. The summed E-state index contributed by atoms with van der Waals surface area (Å²) < 4.78 is 5.98. The molecule has 0 unspecified atom stereocenters. The lowest BCUT2D eigenvalue weighted by Gasteiger charge is -2.33. The van der Waals surface area contributed by atoms with E-state index in [9.17, 15) is 5.26 Å². The maximum atomic E-state index is 9.74. The molecule has 5 heteroatoms. The molecule has 1 aromatic carbocycles. The number of halogens is 1. The number of fused-ring (bicyclic) bond motifs is 1. The van der Waals surface area contributed by atoms with E-state index >= 15 is 0 Å². The van der Waals surface area contributed by atoms with Gasteiger partial charge in [-0.15, -0.1) is 11.3 Å². The molecule has 3 aromatic rings. The molecule has 1 aliphatic carbocycles. The largest absolute Gasteiger partial charge is 0.455 e. The van der Waals surface area contributed by atoms with Gasteiger partial charge in [0.15, 0.2) is 0 Å². The van der Waals surface area contributed by atoms with Crippen LogP contribution in [0.5, 0.6) is 0 Å². The highest BCUT2D eigenvalue weighted by Crippen LogP contribution is 2.44. The lowest BCUT2D eigenvalue weighted by atomic mass is 9.72. The van der Waals surface area contributed by atoms with Crippen LogP contribution in [-0.4, -0.2) is 6.21 Å². The van der Waals surface area contributed by atoms with Crippen LogP contribution in [0.1, 0.15) is 54.5 Å². The Morgan fingerprint density at radius 2 is 2.07 bits per heavy atom. The maximum absolute atomic E-state index is 9.74.